The maximum atomic E-state index is 12.6. The van der Waals surface area contributed by atoms with Gasteiger partial charge in [0.1, 0.15) is 6.04 Å². The minimum absolute atomic E-state index is 0.0246. The fourth-order valence-electron chi connectivity index (χ4n) is 2.45. The minimum Gasteiger partial charge on any atom is -0.467 e. The van der Waals surface area contributed by atoms with Crippen molar-refractivity contribution >= 4 is 34.5 Å². The molecule has 5 nitrogen and oxygen atoms in total. The van der Waals surface area contributed by atoms with Gasteiger partial charge in [-0.3, -0.25) is 4.79 Å². The standard InChI is InChI=1S/C19H17F3INO4/c1-28-18(27)15(10-11-2-8-14(23)9-3-11)24-17(26)16(25)12-4-6-13(7-5-12)19(20,21)22/h2-9,15-16,25H,10H2,1H3,(H,24,26)/t15-,16-/m0/s1. The molecule has 2 aromatic rings. The second-order valence-electron chi connectivity index (χ2n) is 5.94. The summed E-state index contributed by atoms with van der Waals surface area (Å²) in [7, 11) is 1.17. The van der Waals surface area contributed by atoms with Crippen LogP contribution in [0.25, 0.3) is 0 Å². The summed E-state index contributed by atoms with van der Waals surface area (Å²) in [5.74, 6) is -1.62. The molecule has 2 N–H and O–H groups in total. The number of carbonyl (C=O) groups is 2. The zero-order valence-corrected chi connectivity index (χ0v) is 16.8. The van der Waals surface area contributed by atoms with Gasteiger partial charge in [0, 0.05) is 9.99 Å². The molecule has 0 spiro atoms. The molecular weight excluding hydrogens is 490 g/mol. The summed E-state index contributed by atoms with van der Waals surface area (Å²) in [5.41, 5.74) is -0.154. The summed E-state index contributed by atoms with van der Waals surface area (Å²) in [6.45, 7) is 0. The minimum atomic E-state index is -4.52. The van der Waals surface area contributed by atoms with Crippen LogP contribution in [0.4, 0.5) is 13.2 Å². The molecule has 2 rings (SSSR count). The molecular formula is C19H17F3INO4. The molecule has 9 heteroatoms. The van der Waals surface area contributed by atoms with Gasteiger partial charge in [0.15, 0.2) is 6.10 Å². The number of hydrogen-bond donors (Lipinski definition) is 2. The van der Waals surface area contributed by atoms with E-state index in [1.54, 1.807) is 12.1 Å². The molecule has 0 fully saturated rings. The van der Waals surface area contributed by atoms with Gasteiger partial charge in [0.25, 0.3) is 5.91 Å². The number of rotatable bonds is 6. The lowest BCUT2D eigenvalue weighted by molar-refractivity contribution is -0.146. The predicted octanol–water partition coefficient (Wildman–Crippen LogP) is 3.24. The number of hydrogen-bond acceptors (Lipinski definition) is 4. The first kappa shape index (κ1) is 22.2. The van der Waals surface area contributed by atoms with Crippen molar-refractivity contribution in [2.75, 3.05) is 7.11 Å². The monoisotopic (exact) mass is 507 g/mol. The largest absolute Gasteiger partial charge is 0.467 e. The summed E-state index contributed by atoms with van der Waals surface area (Å²) in [6.07, 6.45) is -6.12. The lowest BCUT2D eigenvalue weighted by atomic mass is 10.0. The van der Waals surface area contributed by atoms with Crippen LogP contribution in [0.5, 0.6) is 0 Å². The Hall–Kier alpha value is -2.14. The van der Waals surface area contributed by atoms with Crippen LogP contribution in [-0.4, -0.2) is 30.1 Å². The number of halogens is 4. The van der Waals surface area contributed by atoms with Gasteiger partial charge in [0.2, 0.25) is 0 Å². The van der Waals surface area contributed by atoms with Crippen molar-refractivity contribution in [1.29, 1.82) is 0 Å². The highest BCUT2D eigenvalue weighted by atomic mass is 127. The van der Waals surface area contributed by atoms with E-state index in [9.17, 15) is 27.9 Å². The Morgan fingerprint density at radius 2 is 1.68 bits per heavy atom. The number of esters is 1. The maximum Gasteiger partial charge on any atom is 0.416 e. The van der Waals surface area contributed by atoms with E-state index in [0.717, 1.165) is 33.4 Å². The summed E-state index contributed by atoms with van der Waals surface area (Å²) in [4.78, 5) is 24.3. The van der Waals surface area contributed by atoms with Crippen molar-refractivity contribution in [3.05, 3.63) is 68.8 Å². The Morgan fingerprint density at radius 1 is 1.11 bits per heavy atom. The highest BCUT2D eigenvalue weighted by Gasteiger charge is 2.31. The fraction of sp³-hybridized carbons (Fsp3) is 0.263. The quantitative estimate of drug-likeness (QED) is 0.465. The highest BCUT2D eigenvalue weighted by Crippen LogP contribution is 2.30. The third-order valence-corrected chi connectivity index (χ3v) is 4.68. The average molecular weight is 507 g/mol. The van der Waals surface area contributed by atoms with E-state index in [0.29, 0.717) is 0 Å². The number of carbonyl (C=O) groups excluding carboxylic acids is 2. The van der Waals surface area contributed by atoms with Gasteiger partial charge >= 0.3 is 12.1 Å². The van der Waals surface area contributed by atoms with Crippen LogP contribution in [0.2, 0.25) is 0 Å². The van der Waals surface area contributed by atoms with Gasteiger partial charge in [-0.2, -0.15) is 13.2 Å². The summed E-state index contributed by atoms with van der Waals surface area (Å²) >= 11 is 2.13. The Morgan fingerprint density at radius 3 is 2.18 bits per heavy atom. The fourth-order valence-corrected chi connectivity index (χ4v) is 2.81. The topological polar surface area (TPSA) is 75.6 Å². The van der Waals surface area contributed by atoms with E-state index in [1.807, 2.05) is 12.1 Å². The molecule has 0 aliphatic heterocycles. The number of nitrogens with one attached hydrogen (secondary N) is 1. The van der Waals surface area contributed by atoms with Gasteiger partial charge in [-0.15, -0.1) is 0 Å². The van der Waals surface area contributed by atoms with Crippen LogP contribution >= 0.6 is 22.6 Å². The van der Waals surface area contributed by atoms with Crippen LogP contribution in [0.15, 0.2) is 48.5 Å². The first-order chi connectivity index (χ1) is 13.1. The van der Waals surface area contributed by atoms with Gasteiger partial charge in [-0.25, -0.2) is 4.79 Å². The summed E-state index contributed by atoms with van der Waals surface area (Å²) in [6, 6.07) is 9.77. The number of benzene rings is 2. The Labute approximate surface area is 173 Å². The van der Waals surface area contributed by atoms with Crippen molar-refractivity contribution in [3.8, 4) is 0 Å². The SMILES string of the molecule is COC(=O)[C@H](Cc1ccc(I)cc1)NC(=O)[C@@H](O)c1ccc(C(F)(F)F)cc1. The number of amides is 1. The molecule has 0 saturated heterocycles. The Kier molecular flexibility index (Phi) is 7.41. The van der Waals surface area contributed by atoms with Crippen molar-refractivity contribution < 1.29 is 32.6 Å². The lowest BCUT2D eigenvalue weighted by Crippen LogP contribution is -2.45. The summed E-state index contributed by atoms with van der Waals surface area (Å²) in [5, 5.41) is 12.5. The third kappa shape index (κ3) is 5.93. The number of aliphatic hydroxyl groups excluding tert-OH is 1. The molecule has 0 radical (unpaired) electrons. The van der Waals surface area contributed by atoms with Gasteiger partial charge < -0.3 is 15.2 Å². The van der Waals surface area contributed by atoms with E-state index in [2.05, 4.69) is 32.6 Å². The first-order valence-corrected chi connectivity index (χ1v) is 9.17. The third-order valence-electron chi connectivity index (χ3n) is 3.96. The van der Waals surface area contributed by atoms with Crippen LogP contribution < -0.4 is 5.32 Å². The molecule has 0 heterocycles. The van der Waals surface area contributed by atoms with E-state index < -0.39 is 35.8 Å². The zero-order chi connectivity index (χ0) is 20.9. The van der Waals surface area contributed by atoms with Crippen molar-refractivity contribution in [3.63, 3.8) is 0 Å². The number of methoxy groups -OCH3 is 1. The second-order valence-corrected chi connectivity index (χ2v) is 7.18. The molecule has 150 valence electrons. The molecule has 0 aliphatic carbocycles. The Bertz CT molecular complexity index is 823. The van der Waals surface area contributed by atoms with Crippen molar-refractivity contribution in [1.82, 2.24) is 5.32 Å². The van der Waals surface area contributed by atoms with E-state index >= 15 is 0 Å². The van der Waals surface area contributed by atoms with Crippen LogP contribution in [0.3, 0.4) is 0 Å². The molecule has 0 aliphatic rings. The van der Waals surface area contributed by atoms with Gasteiger partial charge in [-0.05, 0) is 58.0 Å². The van der Waals surface area contributed by atoms with E-state index in [-0.39, 0.29) is 12.0 Å². The lowest BCUT2D eigenvalue weighted by Gasteiger charge is -2.19. The Balaban J connectivity index is 2.11. The van der Waals surface area contributed by atoms with Crippen LogP contribution in [0, 0.1) is 3.57 Å². The predicted molar refractivity (Wildman–Crippen MR) is 103 cm³/mol. The maximum absolute atomic E-state index is 12.6. The van der Waals surface area contributed by atoms with Crippen LogP contribution in [0.1, 0.15) is 22.8 Å². The normalized spacial score (nSPS) is 13.5. The average Bonchev–Trinajstić information content (AvgIpc) is 2.67. The molecule has 2 atom stereocenters. The smallest absolute Gasteiger partial charge is 0.416 e. The molecule has 0 aromatic heterocycles. The number of aliphatic hydroxyl groups is 1. The van der Waals surface area contributed by atoms with E-state index in [1.165, 1.54) is 7.11 Å². The second kappa shape index (κ2) is 9.37. The number of ether oxygens (including phenoxy) is 1. The molecule has 1 amide bonds. The summed E-state index contributed by atoms with van der Waals surface area (Å²) < 4.78 is 43.5. The number of alkyl halides is 3. The van der Waals surface area contributed by atoms with Gasteiger partial charge in [-0.1, -0.05) is 24.3 Å². The van der Waals surface area contributed by atoms with E-state index in [4.69, 9.17) is 0 Å². The van der Waals surface area contributed by atoms with Crippen molar-refractivity contribution in [2.24, 2.45) is 0 Å². The molecule has 0 bridgehead atoms. The van der Waals surface area contributed by atoms with Crippen LogP contribution in [-0.2, 0) is 26.9 Å². The van der Waals surface area contributed by atoms with Gasteiger partial charge in [0.05, 0.1) is 12.7 Å². The molecule has 28 heavy (non-hydrogen) atoms. The first-order valence-electron chi connectivity index (χ1n) is 8.09. The molecule has 2 aromatic carbocycles. The molecule has 0 saturated carbocycles. The molecule has 0 unspecified atom stereocenters. The van der Waals surface area contributed by atoms with Crippen molar-refractivity contribution in [2.45, 2.75) is 24.7 Å². The zero-order valence-electron chi connectivity index (χ0n) is 14.7. The highest BCUT2D eigenvalue weighted by molar-refractivity contribution is 14.1.